The van der Waals surface area contributed by atoms with E-state index in [0.29, 0.717) is 12.5 Å². The standard InChI is InChI=1S/C14H23F3N2/c15-14(16,17)9-18-4-1-10-7-12-11-2-5-19(6-3-11)13(12)8-10/h10-13,18H,1-9H2. The third-order valence-corrected chi connectivity index (χ3v) is 5.38. The summed E-state index contributed by atoms with van der Waals surface area (Å²) in [6, 6.07) is 0.750. The van der Waals surface area contributed by atoms with Crippen LogP contribution in [0.25, 0.3) is 0 Å². The van der Waals surface area contributed by atoms with Crippen LogP contribution in [0.15, 0.2) is 0 Å². The second kappa shape index (κ2) is 5.24. The summed E-state index contributed by atoms with van der Waals surface area (Å²) in [6.07, 6.45) is 1.99. The summed E-state index contributed by atoms with van der Waals surface area (Å²) in [5, 5.41) is 2.53. The van der Waals surface area contributed by atoms with E-state index in [9.17, 15) is 13.2 Å². The van der Waals surface area contributed by atoms with Crippen LogP contribution in [0.1, 0.15) is 32.1 Å². The van der Waals surface area contributed by atoms with Crippen LogP contribution in [0.2, 0.25) is 0 Å². The predicted octanol–water partition coefficient (Wildman–Crippen LogP) is 2.65. The molecule has 0 aromatic carbocycles. The predicted molar refractivity (Wildman–Crippen MR) is 67.8 cm³/mol. The van der Waals surface area contributed by atoms with Gasteiger partial charge in [-0.05, 0) is 69.5 Å². The van der Waals surface area contributed by atoms with Gasteiger partial charge in [-0.1, -0.05) is 0 Å². The highest BCUT2D eigenvalue weighted by atomic mass is 19.4. The molecule has 2 bridgehead atoms. The van der Waals surface area contributed by atoms with Crippen molar-refractivity contribution < 1.29 is 13.2 Å². The maximum atomic E-state index is 12.0. The SMILES string of the molecule is FC(F)(F)CNCCC1CC2C3CCN(CC3)C2C1. The third-order valence-electron chi connectivity index (χ3n) is 5.38. The van der Waals surface area contributed by atoms with E-state index in [0.717, 1.165) is 24.3 Å². The van der Waals surface area contributed by atoms with Gasteiger partial charge in [0.15, 0.2) is 0 Å². The van der Waals surface area contributed by atoms with Gasteiger partial charge < -0.3 is 10.2 Å². The van der Waals surface area contributed by atoms with Crippen molar-refractivity contribution in [3.8, 4) is 0 Å². The normalized spacial score (nSPS) is 41.5. The van der Waals surface area contributed by atoms with E-state index in [4.69, 9.17) is 0 Å². The summed E-state index contributed by atoms with van der Waals surface area (Å²) in [6.45, 7) is 2.17. The molecule has 0 aromatic rings. The quantitative estimate of drug-likeness (QED) is 0.794. The fourth-order valence-electron chi connectivity index (χ4n) is 4.53. The molecule has 0 spiro atoms. The Labute approximate surface area is 112 Å². The number of piperidine rings is 3. The Balaban J connectivity index is 1.42. The zero-order valence-electron chi connectivity index (χ0n) is 11.3. The highest BCUT2D eigenvalue weighted by Crippen LogP contribution is 2.48. The zero-order chi connectivity index (χ0) is 13.5. The number of halogens is 3. The molecule has 19 heavy (non-hydrogen) atoms. The van der Waals surface area contributed by atoms with E-state index in [1.807, 2.05) is 0 Å². The Kier molecular flexibility index (Phi) is 3.78. The molecule has 4 fully saturated rings. The molecular weight excluding hydrogens is 253 g/mol. The fraction of sp³-hybridized carbons (Fsp3) is 1.00. The van der Waals surface area contributed by atoms with Gasteiger partial charge in [-0.15, -0.1) is 0 Å². The largest absolute Gasteiger partial charge is 0.401 e. The lowest BCUT2D eigenvalue weighted by Crippen LogP contribution is -2.52. The molecule has 3 saturated heterocycles. The number of fused-ring (bicyclic) bond motifs is 2. The van der Waals surface area contributed by atoms with Crippen molar-refractivity contribution in [3.05, 3.63) is 0 Å². The fourth-order valence-corrected chi connectivity index (χ4v) is 4.53. The number of hydrogen-bond donors (Lipinski definition) is 1. The summed E-state index contributed by atoms with van der Waals surface area (Å²) in [4.78, 5) is 2.63. The molecule has 1 saturated carbocycles. The number of nitrogens with zero attached hydrogens (tertiary/aromatic N) is 1. The summed E-state index contributed by atoms with van der Waals surface area (Å²) in [5.74, 6) is 2.38. The summed E-state index contributed by atoms with van der Waals surface area (Å²) >= 11 is 0. The van der Waals surface area contributed by atoms with Crippen molar-refractivity contribution in [2.24, 2.45) is 17.8 Å². The molecule has 3 heterocycles. The Morgan fingerprint density at radius 3 is 2.47 bits per heavy atom. The van der Waals surface area contributed by atoms with Crippen molar-refractivity contribution in [2.75, 3.05) is 26.2 Å². The van der Waals surface area contributed by atoms with Gasteiger partial charge in [-0.2, -0.15) is 13.2 Å². The van der Waals surface area contributed by atoms with Gasteiger partial charge in [0.05, 0.1) is 6.54 Å². The van der Waals surface area contributed by atoms with Gasteiger partial charge in [0.2, 0.25) is 0 Å². The monoisotopic (exact) mass is 276 g/mol. The topological polar surface area (TPSA) is 15.3 Å². The smallest absolute Gasteiger partial charge is 0.309 e. The minimum atomic E-state index is -4.07. The van der Waals surface area contributed by atoms with Gasteiger partial charge in [0.1, 0.15) is 0 Å². The molecule has 4 rings (SSSR count). The third kappa shape index (κ3) is 3.07. The highest BCUT2D eigenvalue weighted by molar-refractivity contribution is 5.00. The van der Waals surface area contributed by atoms with Gasteiger partial charge in [-0.3, -0.25) is 0 Å². The molecule has 0 aromatic heterocycles. The number of hydrogen-bond acceptors (Lipinski definition) is 2. The van der Waals surface area contributed by atoms with Crippen LogP contribution >= 0.6 is 0 Å². The van der Waals surface area contributed by atoms with Crippen molar-refractivity contribution in [1.82, 2.24) is 10.2 Å². The van der Waals surface area contributed by atoms with Crippen molar-refractivity contribution >= 4 is 0 Å². The molecule has 110 valence electrons. The van der Waals surface area contributed by atoms with Crippen molar-refractivity contribution in [2.45, 2.75) is 44.3 Å². The van der Waals surface area contributed by atoms with Crippen LogP contribution < -0.4 is 5.32 Å². The van der Waals surface area contributed by atoms with Gasteiger partial charge in [-0.25, -0.2) is 0 Å². The first kappa shape index (κ1) is 13.7. The van der Waals surface area contributed by atoms with Crippen LogP contribution in [0, 0.1) is 17.8 Å². The number of rotatable bonds is 4. The van der Waals surface area contributed by atoms with Crippen LogP contribution in [0.3, 0.4) is 0 Å². The van der Waals surface area contributed by atoms with E-state index < -0.39 is 12.7 Å². The number of alkyl halides is 3. The van der Waals surface area contributed by atoms with E-state index >= 15 is 0 Å². The minimum absolute atomic E-state index is 0.508. The maximum absolute atomic E-state index is 12.0. The van der Waals surface area contributed by atoms with E-state index in [1.165, 1.54) is 38.8 Å². The summed E-state index contributed by atoms with van der Waals surface area (Å²) < 4.78 is 36.1. The van der Waals surface area contributed by atoms with Gasteiger partial charge >= 0.3 is 6.18 Å². The second-order valence-electron chi connectivity index (χ2n) is 6.52. The van der Waals surface area contributed by atoms with Crippen LogP contribution in [-0.2, 0) is 0 Å². The highest BCUT2D eigenvalue weighted by Gasteiger charge is 2.47. The molecule has 3 atom stereocenters. The molecule has 1 N–H and O–H groups in total. The van der Waals surface area contributed by atoms with Crippen LogP contribution in [0.4, 0.5) is 13.2 Å². The average molecular weight is 276 g/mol. The number of nitrogens with one attached hydrogen (secondary N) is 1. The zero-order valence-corrected chi connectivity index (χ0v) is 11.3. The van der Waals surface area contributed by atoms with E-state index in [2.05, 4.69) is 10.2 Å². The van der Waals surface area contributed by atoms with Crippen molar-refractivity contribution in [1.29, 1.82) is 0 Å². The molecule has 2 nitrogen and oxygen atoms in total. The Morgan fingerprint density at radius 1 is 1.11 bits per heavy atom. The van der Waals surface area contributed by atoms with E-state index in [-0.39, 0.29) is 0 Å². The second-order valence-corrected chi connectivity index (χ2v) is 6.52. The summed E-state index contributed by atoms with van der Waals surface area (Å²) in [5.41, 5.74) is 0. The Bertz CT molecular complexity index is 290. The molecule has 5 heteroatoms. The van der Waals surface area contributed by atoms with Crippen LogP contribution in [-0.4, -0.2) is 43.3 Å². The average Bonchev–Trinajstić information content (AvgIpc) is 2.80. The summed E-state index contributed by atoms with van der Waals surface area (Å²) in [7, 11) is 0. The molecule has 1 aliphatic carbocycles. The molecule has 0 radical (unpaired) electrons. The maximum Gasteiger partial charge on any atom is 0.401 e. The molecular formula is C14H23F3N2. The van der Waals surface area contributed by atoms with Crippen molar-refractivity contribution in [3.63, 3.8) is 0 Å². The lowest BCUT2D eigenvalue weighted by molar-refractivity contribution is -0.124. The lowest BCUT2D eigenvalue weighted by Gasteiger charge is -2.48. The van der Waals surface area contributed by atoms with Crippen LogP contribution in [0.5, 0.6) is 0 Å². The van der Waals surface area contributed by atoms with Gasteiger partial charge in [0.25, 0.3) is 0 Å². The van der Waals surface area contributed by atoms with Gasteiger partial charge in [0, 0.05) is 6.04 Å². The molecule has 3 aliphatic heterocycles. The lowest BCUT2D eigenvalue weighted by atomic mass is 9.75. The minimum Gasteiger partial charge on any atom is -0.309 e. The molecule has 3 unspecified atom stereocenters. The first-order chi connectivity index (χ1) is 9.03. The first-order valence-electron chi connectivity index (χ1n) is 7.54. The molecule has 0 amide bonds. The van der Waals surface area contributed by atoms with E-state index in [1.54, 1.807) is 0 Å². The Hall–Kier alpha value is -0.290. The first-order valence-corrected chi connectivity index (χ1v) is 7.54. The Morgan fingerprint density at radius 2 is 1.84 bits per heavy atom. The molecule has 4 aliphatic rings.